The van der Waals surface area contributed by atoms with Crippen molar-refractivity contribution in [1.82, 2.24) is 0 Å². The van der Waals surface area contributed by atoms with Crippen molar-refractivity contribution in [2.45, 2.75) is 18.4 Å². The van der Waals surface area contributed by atoms with Crippen LogP contribution in [0.2, 0.25) is 0 Å². The number of methoxy groups -OCH3 is 1. The van der Waals surface area contributed by atoms with Gasteiger partial charge in [0, 0.05) is 22.7 Å². The fourth-order valence-corrected chi connectivity index (χ4v) is 5.95. The summed E-state index contributed by atoms with van der Waals surface area (Å²) in [5, 5.41) is 22.3. The van der Waals surface area contributed by atoms with Gasteiger partial charge in [0.05, 0.1) is 13.2 Å². The Kier molecular flexibility index (Phi) is 5.18. The van der Waals surface area contributed by atoms with Gasteiger partial charge < -0.3 is 20.9 Å². The highest BCUT2D eigenvalue weighted by Crippen LogP contribution is 2.55. The van der Waals surface area contributed by atoms with E-state index in [1.54, 1.807) is 24.3 Å². The highest BCUT2D eigenvalue weighted by molar-refractivity contribution is 5.96. The average Bonchev–Trinajstić information content (AvgIpc) is 3.28. The average molecular weight is 480 g/mol. The van der Waals surface area contributed by atoms with Crippen molar-refractivity contribution in [3.63, 3.8) is 0 Å². The first-order valence-corrected chi connectivity index (χ1v) is 11.9. The van der Waals surface area contributed by atoms with Crippen molar-refractivity contribution in [3.05, 3.63) is 112 Å². The molecule has 5 nitrogen and oxygen atoms in total. The molecular weight excluding hydrogens is 453 g/mol. The second kappa shape index (κ2) is 8.41. The monoisotopic (exact) mass is 479 g/mol. The van der Waals surface area contributed by atoms with Crippen molar-refractivity contribution < 1.29 is 14.2 Å². The minimum atomic E-state index is -0.350. The van der Waals surface area contributed by atoms with Crippen molar-refractivity contribution in [2.75, 3.05) is 12.4 Å². The number of anilines is 1. The lowest BCUT2D eigenvalue weighted by molar-refractivity contribution is 0.370. The highest BCUT2D eigenvalue weighted by Gasteiger charge is 2.44. The van der Waals surface area contributed by atoms with Crippen LogP contribution in [0.3, 0.4) is 0 Å². The van der Waals surface area contributed by atoms with Gasteiger partial charge in [-0.25, -0.2) is 4.39 Å². The van der Waals surface area contributed by atoms with Crippen LogP contribution < -0.4 is 15.8 Å². The Labute approximate surface area is 208 Å². The molecule has 36 heavy (non-hydrogen) atoms. The number of halogens is 1. The van der Waals surface area contributed by atoms with Crippen LogP contribution in [0, 0.1) is 17.1 Å². The molecule has 0 aromatic heterocycles. The lowest BCUT2D eigenvalue weighted by atomic mass is 9.74. The minimum Gasteiger partial charge on any atom is -0.504 e. The molecule has 0 saturated heterocycles. The molecule has 4 aromatic rings. The Balaban J connectivity index is 1.58. The van der Waals surface area contributed by atoms with Gasteiger partial charge in [-0.1, -0.05) is 42.5 Å². The zero-order valence-corrected chi connectivity index (χ0v) is 19.8. The van der Waals surface area contributed by atoms with E-state index in [9.17, 15) is 5.11 Å². The zero-order chi connectivity index (χ0) is 25.0. The second-order valence-corrected chi connectivity index (χ2v) is 9.47. The van der Waals surface area contributed by atoms with Crippen molar-refractivity contribution in [1.29, 1.82) is 5.41 Å². The maximum Gasteiger partial charge on any atom is 0.160 e. The van der Waals surface area contributed by atoms with E-state index in [1.807, 2.05) is 24.3 Å². The van der Waals surface area contributed by atoms with Gasteiger partial charge in [-0.2, -0.15) is 0 Å². The summed E-state index contributed by atoms with van der Waals surface area (Å²) in [5.41, 5.74) is 13.0. The van der Waals surface area contributed by atoms with E-state index in [-0.39, 0.29) is 35.3 Å². The van der Waals surface area contributed by atoms with E-state index in [1.165, 1.54) is 24.3 Å². The van der Waals surface area contributed by atoms with Gasteiger partial charge in [-0.15, -0.1) is 0 Å². The van der Waals surface area contributed by atoms with Crippen LogP contribution in [0.25, 0.3) is 11.1 Å². The second-order valence-electron chi connectivity index (χ2n) is 9.47. The van der Waals surface area contributed by atoms with Gasteiger partial charge in [0.15, 0.2) is 11.5 Å². The molecule has 6 rings (SSSR count). The summed E-state index contributed by atoms with van der Waals surface area (Å²) in [6.07, 6.45) is 0.835. The van der Waals surface area contributed by atoms with E-state index >= 15 is 4.39 Å². The maximum absolute atomic E-state index is 15.0. The molecule has 3 atom stereocenters. The van der Waals surface area contributed by atoms with Crippen molar-refractivity contribution in [3.8, 4) is 22.6 Å². The molecule has 0 fully saturated rings. The topological polar surface area (TPSA) is 91.4 Å². The third kappa shape index (κ3) is 3.40. The van der Waals surface area contributed by atoms with E-state index < -0.39 is 0 Å². The SMILES string of the molecule is COc1cc(C2Nc3ccc(C(=N)N)cc3C3c4ccccc4CC23)c(-c2ccccc2F)cc1O. The van der Waals surface area contributed by atoms with E-state index in [0.29, 0.717) is 22.4 Å². The number of nitrogens with one attached hydrogen (secondary N) is 2. The minimum absolute atomic E-state index is 0.0342. The number of aromatic hydroxyl groups is 1. The molecule has 3 unspecified atom stereocenters. The summed E-state index contributed by atoms with van der Waals surface area (Å²) in [7, 11) is 1.52. The summed E-state index contributed by atoms with van der Waals surface area (Å²) in [5.74, 6) is 0.196. The normalized spacial score (nSPS) is 19.6. The van der Waals surface area contributed by atoms with Crippen molar-refractivity contribution in [2.24, 2.45) is 11.7 Å². The van der Waals surface area contributed by atoms with Crippen LogP contribution in [0.1, 0.15) is 39.8 Å². The number of hydrogen-bond acceptors (Lipinski definition) is 4. The summed E-state index contributed by atoms with van der Waals surface area (Å²) in [6.45, 7) is 0. The third-order valence-corrected chi connectivity index (χ3v) is 7.56. The van der Waals surface area contributed by atoms with Crippen LogP contribution in [0.5, 0.6) is 11.5 Å². The summed E-state index contributed by atoms with van der Waals surface area (Å²) < 4.78 is 20.5. The Morgan fingerprint density at radius 2 is 1.75 bits per heavy atom. The predicted octanol–water partition coefficient (Wildman–Crippen LogP) is 5.96. The lowest BCUT2D eigenvalue weighted by Gasteiger charge is -2.39. The van der Waals surface area contributed by atoms with Crippen LogP contribution in [0.4, 0.5) is 10.1 Å². The molecular formula is C30H26FN3O2. The van der Waals surface area contributed by atoms with Crippen molar-refractivity contribution >= 4 is 11.5 Å². The first-order chi connectivity index (χ1) is 17.5. The Morgan fingerprint density at radius 1 is 0.972 bits per heavy atom. The maximum atomic E-state index is 15.0. The Bertz CT molecular complexity index is 1520. The first-order valence-electron chi connectivity index (χ1n) is 11.9. The van der Waals surface area contributed by atoms with Gasteiger partial charge in [-0.05, 0) is 76.6 Å². The number of benzene rings is 4. The van der Waals surface area contributed by atoms with Crippen LogP contribution in [-0.2, 0) is 6.42 Å². The molecule has 6 heteroatoms. The Morgan fingerprint density at radius 3 is 2.53 bits per heavy atom. The standard InChI is InChI=1S/C30H26FN3O2/c1-36-27-15-21(20(14-26(27)35)19-8-4-5-9-24(19)31)29-23-12-16-6-2-3-7-18(16)28(23)22-13-17(30(32)33)10-11-25(22)34-29/h2-11,13-15,23,28-29,34-35H,12H2,1H3,(H3,32,33). The molecule has 180 valence electrons. The van der Waals surface area contributed by atoms with Gasteiger partial charge >= 0.3 is 0 Å². The third-order valence-electron chi connectivity index (χ3n) is 7.56. The molecule has 1 aliphatic carbocycles. The molecule has 0 bridgehead atoms. The number of phenolic OH excluding ortho intramolecular Hbond substituents is 1. The van der Waals surface area contributed by atoms with Gasteiger partial charge in [-0.3, -0.25) is 5.41 Å². The molecule has 5 N–H and O–H groups in total. The predicted molar refractivity (Wildman–Crippen MR) is 139 cm³/mol. The van der Waals surface area contributed by atoms with E-state index in [4.69, 9.17) is 15.9 Å². The summed E-state index contributed by atoms with van der Waals surface area (Å²) >= 11 is 0. The number of hydrogen-bond donors (Lipinski definition) is 4. The first kappa shape index (κ1) is 22.2. The zero-order valence-electron chi connectivity index (χ0n) is 19.8. The van der Waals surface area contributed by atoms with E-state index in [0.717, 1.165) is 23.2 Å². The van der Waals surface area contributed by atoms with Crippen LogP contribution in [-0.4, -0.2) is 18.1 Å². The van der Waals surface area contributed by atoms with Gasteiger partial charge in [0.1, 0.15) is 11.7 Å². The quantitative estimate of drug-likeness (QED) is 0.215. The fourth-order valence-electron chi connectivity index (χ4n) is 5.95. The smallest absolute Gasteiger partial charge is 0.160 e. The molecule has 0 amide bonds. The van der Waals surface area contributed by atoms with Gasteiger partial charge in [0.2, 0.25) is 0 Å². The Hall–Kier alpha value is -4.32. The van der Waals surface area contributed by atoms with E-state index in [2.05, 4.69) is 29.6 Å². The molecule has 0 saturated carbocycles. The number of fused-ring (bicyclic) bond motifs is 5. The molecule has 0 spiro atoms. The number of rotatable bonds is 4. The number of phenols is 1. The highest BCUT2D eigenvalue weighted by atomic mass is 19.1. The largest absolute Gasteiger partial charge is 0.504 e. The molecule has 1 heterocycles. The summed E-state index contributed by atoms with van der Waals surface area (Å²) in [6, 6.07) is 24.1. The molecule has 1 aliphatic heterocycles. The molecule has 0 radical (unpaired) electrons. The number of ether oxygens (including phenoxy) is 1. The number of nitrogen functional groups attached to an aromatic ring is 1. The van der Waals surface area contributed by atoms with Crippen LogP contribution >= 0.6 is 0 Å². The lowest BCUT2D eigenvalue weighted by Crippen LogP contribution is -2.31. The summed E-state index contributed by atoms with van der Waals surface area (Å²) in [4.78, 5) is 0. The van der Waals surface area contributed by atoms with Crippen LogP contribution in [0.15, 0.2) is 78.9 Å². The number of amidine groups is 1. The van der Waals surface area contributed by atoms with Gasteiger partial charge in [0.25, 0.3) is 0 Å². The number of nitrogens with two attached hydrogens (primary N) is 1. The fraction of sp³-hybridized carbons (Fsp3) is 0.167. The molecule has 2 aliphatic rings. The molecule has 4 aromatic carbocycles.